The molecule has 1 fully saturated rings. The molecule has 0 unspecified atom stereocenters. The number of likely N-dealkylation sites (N-methyl/N-ethyl adjacent to an activating group) is 1. The van der Waals surface area contributed by atoms with Crippen LogP contribution in [0.5, 0.6) is 0 Å². The van der Waals surface area contributed by atoms with Crippen LogP contribution in [0.4, 0.5) is 5.69 Å². The minimum Gasteiger partial charge on any atom is -0.460 e. The number of nitrogens with zero attached hydrogens (tertiary/aromatic N) is 2. The van der Waals surface area contributed by atoms with E-state index in [1.54, 1.807) is 17.0 Å². The summed E-state index contributed by atoms with van der Waals surface area (Å²) in [5.74, 6) is -1.45. The van der Waals surface area contributed by atoms with Crippen molar-refractivity contribution in [2.24, 2.45) is 0 Å². The molecule has 3 rings (SSSR count). The van der Waals surface area contributed by atoms with Crippen LogP contribution in [0.2, 0.25) is 0 Å². The van der Waals surface area contributed by atoms with Crippen LogP contribution in [0.1, 0.15) is 27.9 Å². The number of halogens is 1. The van der Waals surface area contributed by atoms with Gasteiger partial charge in [-0.1, -0.05) is 36.4 Å². The largest absolute Gasteiger partial charge is 0.460 e. The van der Waals surface area contributed by atoms with Crippen LogP contribution in [0.25, 0.3) is 0 Å². The van der Waals surface area contributed by atoms with Gasteiger partial charge in [-0.25, -0.2) is 0 Å². The molecule has 0 atom stereocenters. The first kappa shape index (κ1) is 24.0. The van der Waals surface area contributed by atoms with E-state index in [0.717, 1.165) is 24.3 Å². The number of carbonyl (C=O) groups excluding carboxylic acids is 3. The topological polar surface area (TPSA) is 88.2 Å². The van der Waals surface area contributed by atoms with Crippen molar-refractivity contribution in [2.45, 2.75) is 19.6 Å². The van der Waals surface area contributed by atoms with Crippen molar-refractivity contribution >= 4 is 46.4 Å². The summed E-state index contributed by atoms with van der Waals surface area (Å²) in [5.41, 5.74) is 2.69. The van der Waals surface area contributed by atoms with E-state index >= 15 is 0 Å². The van der Waals surface area contributed by atoms with Crippen molar-refractivity contribution in [3.05, 3.63) is 65.2 Å². The number of nitrogens with one attached hydrogen (secondary N) is 1. The van der Waals surface area contributed by atoms with Crippen LogP contribution < -0.4 is 3.53 Å². The summed E-state index contributed by atoms with van der Waals surface area (Å²) in [6, 6.07) is 14.5. The maximum atomic E-state index is 13.1. The first-order valence-corrected chi connectivity index (χ1v) is 11.4. The number of benzene rings is 2. The van der Waals surface area contributed by atoms with E-state index in [1.807, 2.05) is 66.3 Å². The average molecular weight is 551 g/mol. The minimum absolute atomic E-state index is 0.0961. The summed E-state index contributed by atoms with van der Waals surface area (Å²) in [7, 11) is 2.03. The van der Waals surface area contributed by atoms with Crippen LogP contribution in [0.3, 0.4) is 0 Å². The molecule has 1 heterocycles. The van der Waals surface area contributed by atoms with Crippen molar-refractivity contribution < 1.29 is 23.9 Å². The maximum absolute atomic E-state index is 13.1. The summed E-state index contributed by atoms with van der Waals surface area (Å²) < 4.78 is 13.4. The van der Waals surface area contributed by atoms with Crippen LogP contribution in [0, 0.1) is 0 Å². The second-order valence-electron chi connectivity index (χ2n) is 7.55. The van der Waals surface area contributed by atoms with Gasteiger partial charge in [0, 0.05) is 43.0 Å². The first-order chi connectivity index (χ1) is 15.5. The highest BCUT2D eigenvalue weighted by atomic mass is 127. The van der Waals surface area contributed by atoms with E-state index in [0.29, 0.717) is 24.2 Å². The average Bonchev–Trinajstić information content (AvgIpc) is 2.82. The van der Waals surface area contributed by atoms with Gasteiger partial charge in [-0.2, -0.15) is 0 Å². The van der Waals surface area contributed by atoms with Gasteiger partial charge in [0.15, 0.2) is 0 Å². The Bertz CT molecular complexity index is 946. The molecule has 2 aromatic rings. The Balaban J connectivity index is 1.57. The fourth-order valence-electron chi connectivity index (χ4n) is 3.26. The van der Waals surface area contributed by atoms with Crippen LogP contribution >= 0.6 is 22.9 Å². The Morgan fingerprint density at radius 2 is 1.59 bits per heavy atom. The molecule has 170 valence electrons. The molecule has 0 aliphatic carbocycles. The van der Waals surface area contributed by atoms with Gasteiger partial charge in [-0.15, -0.1) is 0 Å². The molecule has 32 heavy (non-hydrogen) atoms. The zero-order chi connectivity index (χ0) is 22.9. The molecule has 1 aliphatic heterocycles. The molecule has 8 nitrogen and oxygen atoms in total. The lowest BCUT2D eigenvalue weighted by molar-refractivity contribution is -0.156. The molecule has 0 radical (unpaired) electrons. The minimum atomic E-state index is -0.697. The molecular formula is C23H26IN3O5. The predicted molar refractivity (Wildman–Crippen MR) is 128 cm³/mol. The van der Waals surface area contributed by atoms with Crippen LogP contribution in [-0.2, 0) is 32.3 Å². The van der Waals surface area contributed by atoms with Gasteiger partial charge in [-0.3, -0.25) is 14.4 Å². The molecule has 1 aliphatic rings. The van der Waals surface area contributed by atoms with Gasteiger partial charge >= 0.3 is 11.9 Å². The number of esters is 2. The third kappa shape index (κ3) is 6.92. The fraction of sp³-hybridized carbons (Fsp3) is 0.348. The molecule has 1 N–H and O–H groups in total. The predicted octanol–water partition coefficient (Wildman–Crippen LogP) is 3.01. The summed E-state index contributed by atoms with van der Waals surface area (Å²) >= 11 is 2.00. The number of rotatable bonds is 8. The van der Waals surface area contributed by atoms with E-state index in [4.69, 9.17) is 9.47 Å². The van der Waals surface area contributed by atoms with Crippen molar-refractivity contribution in [1.82, 2.24) is 9.80 Å². The monoisotopic (exact) mass is 551 g/mol. The van der Waals surface area contributed by atoms with Crippen molar-refractivity contribution in [3.8, 4) is 0 Å². The number of piperazine rings is 1. The van der Waals surface area contributed by atoms with Gasteiger partial charge in [-0.05, 0) is 24.7 Å². The third-order valence-corrected chi connectivity index (χ3v) is 5.78. The Hall–Kier alpha value is -2.66. The first-order valence-electron chi connectivity index (χ1n) is 10.3. The number of hydrogen-bond donors (Lipinski definition) is 1. The van der Waals surface area contributed by atoms with E-state index in [1.165, 1.54) is 0 Å². The standard InChI is InChI=1S/C23H26IN3O5/c1-26-9-11-27(12-10-26)23(30)20-13-19(25-24)8-7-18(20)16-32-22(29)14-21(28)31-15-17-5-3-2-4-6-17/h2-8,13,25H,9-12,14-16H2,1H3. The van der Waals surface area contributed by atoms with E-state index in [2.05, 4.69) is 8.43 Å². The Labute approximate surface area is 201 Å². The fourth-order valence-corrected chi connectivity index (χ4v) is 3.59. The van der Waals surface area contributed by atoms with Crippen molar-refractivity contribution in [1.29, 1.82) is 0 Å². The molecule has 0 aromatic heterocycles. The Kier molecular flexibility index (Phi) is 8.86. The summed E-state index contributed by atoms with van der Waals surface area (Å²) in [6.07, 6.45) is -0.484. The number of carbonyl (C=O) groups is 3. The van der Waals surface area contributed by atoms with E-state index in [-0.39, 0.29) is 19.1 Å². The second-order valence-corrected chi connectivity index (χ2v) is 8.09. The maximum Gasteiger partial charge on any atom is 0.317 e. The van der Waals surface area contributed by atoms with E-state index < -0.39 is 18.4 Å². The summed E-state index contributed by atoms with van der Waals surface area (Å²) in [4.78, 5) is 41.2. The van der Waals surface area contributed by atoms with Gasteiger partial charge in [0.05, 0.1) is 22.9 Å². The third-order valence-electron chi connectivity index (χ3n) is 5.16. The molecule has 2 aromatic carbocycles. The van der Waals surface area contributed by atoms with Crippen LogP contribution in [0.15, 0.2) is 48.5 Å². The zero-order valence-electron chi connectivity index (χ0n) is 17.9. The molecule has 0 bridgehead atoms. The van der Waals surface area contributed by atoms with Gasteiger partial charge in [0.2, 0.25) is 0 Å². The molecule has 0 saturated carbocycles. The van der Waals surface area contributed by atoms with Gasteiger partial charge in [0.1, 0.15) is 19.6 Å². The van der Waals surface area contributed by atoms with E-state index in [9.17, 15) is 14.4 Å². The highest BCUT2D eigenvalue weighted by Crippen LogP contribution is 2.21. The summed E-state index contributed by atoms with van der Waals surface area (Å²) in [6.45, 7) is 2.91. The second kappa shape index (κ2) is 11.8. The number of anilines is 1. The number of ether oxygens (including phenoxy) is 2. The molecule has 1 amide bonds. The Morgan fingerprint density at radius 1 is 0.938 bits per heavy atom. The lowest BCUT2D eigenvalue weighted by atomic mass is 10.1. The quantitative estimate of drug-likeness (QED) is 0.234. The lowest BCUT2D eigenvalue weighted by Gasteiger charge is -2.33. The number of amides is 1. The molecule has 1 saturated heterocycles. The Morgan fingerprint density at radius 3 is 2.25 bits per heavy atom. The molecule has 9 heteroatoms. The normalized spacial score (nSPS) is 14.0. The van der Waals surface area contributed by atoms with Crippen molar-refractivity contribution in [3.63, 3.8) is 0 Å². The lowest BCUT2D eigenvalue weighted by Crippen LogP contribution is -2.47. The summed E-state index contributed by atoms with van der Waals surface area (Å²) in [5, 5.41) is 0. The van der Waals surface area contributed by atoms with Gasteiger partial charge in [0.25, 0.3) is 5.91 Å². The number of hydrogen-bond acceptors (Lipinski definition) is 7. The molecular weight excluding hydrogens is 525 g/mol. The highest BCUT2D eigenvalue weighted by molar-refractivity contribution is 14.1. The molecule has 0 spiro atoms. The zero-order valence-corrected chi connectivity index (χ0v) is 20.0. The van der Waals surface area contributed by atoms with Crippen molar-refractivity contribution in [2.75, 3.05) is 36.8 Å². The van der Waals surface area contributed by atoms with Crippen LogP contribution in [-0.4, -0.2) is 60.9 Å². The smallest absolute Gasteiger partial charge is 0.317 e. The SMILES string of the molecule is CN1CCN(C(=O)c2cc(NI)ccc2COC(=O)CC(=O)OCc2ccccc2)CC1. The highest BCUT2D eigenvalue weighted by Gasteiger charge is 2.23. The van der Waals surface area contributed by atoms with Gasteiger partial charge < -0.3 is 22.8 Å².